The smallest absolute Gasteiger partial charge is 0.111 e. The maximum Gasteiger partial charge on any atom is 0.111 e. The summed E-state index contributed by atoms with van der Waals surface area (Å²) >= 11 is 0. The molecule has 2 N–H and O–H groups in total. The molecule has 0 aliphatic rings. The highest BCUT2D eigenvalue weighted by atomic mass is 15.0. The van der Waals surface area contributed by atoms with Gasteiger partial charge in [0.25, 0.3) is 0 Å². The van der Waals surface area contributed by atoms with Gasteiger partial charge in [0, 0.05) is 18.3 Å². The van der Waals surface area contributed by atoms with Gasteiger partial charge in [-0.25, -0.2) is 0 Å². The normalized spacial score (nSPS) is 10.4. The van der Waals surface area contributed by atoms with E-state index in [2.05, 4.69) is 25.1 Å². The fraction of sp³-hybridized carbons (Fsp3) is 0.167. The number of rotatable bonds is 1. The van der Waals surface area contributed by atoms with Gasteiger partial charge >= 0.3 is 0 Å². The van der Waals surface area contributed by atoms with E-state index >= 15 is 0 Å². The van der Waals surface area contributed by atoms with Crippen molar-refractivity contribution in [1.82, 2.24) is 4.57 Å². The number of nitrogens with zero attached hydrogens (tertiary/aromatic N) is 1. The lowest BCUT2D eigenvalue weighted by Gasteiger charge is -2.01. The number of nitrogens with two attached hydrogens (primary N) is 1. The van der Waals surface area contributed by atoms with Gasteiger partial charge in [0.2, 0.25) is 0 Å². The molecule has 0 aliphatic heterocycles. The Labute approximate surface area is 84.0 Å². The Kier molecular flexibility index (Phi) is 2.04. The Morgan fingerprint density at radius 2 is 1.79 bits per heavy atom. The molecule has 2 rings (SSSR count). The summed E-state index contributed by atoms with van der Waals surface area (Å²) in [6.45, 7) is 2.06. The highest BCUT2D eigenvalue weighted by molar-refractivity contribution is 5.75. The van der Waals surface area contributed by atoms with Gasteiger partial charge in [0.05, 0.1) is 0 Å². The third-order valence-corrected chi connectivity index (χ3v) is 2.60. The maximum absolute atomic E-state index is 6.00. The molecule has 72 valence electrons. The van der Waals surface area contributed by atoms with Gasteiger partial charge in [0.1, 0.15) is 5.82 Å². The van der Waals surface area contributed by atoms with Crippen LogP contribution in [-0.2, 0) is 7.05 Å². The fourth-order valence-corrected chi connectivity index (χ4v) is 1.60. The molecule has 2 nitrogen and oxygen atoms in total. The van der Waals surface area contributed by atoms with E-state index in [0.717, 1.165) is 11.4 Å². The van der Waals surface area contributed by atoms with Crippen molar-refractivity contribution in [2.75, 3.05) is 5.73 Å². The summed E-state index contributed by atoms with van der Waals surface area (Å²) in [4.78, 5) is 0. The number of nitrogen functional groups attached to an aromatic ring is 1. The molecule has 1 aromatic carbocycles. The summed E-state index contributed by atoms with van der Waals surface area (Å²) in [5, 5.41) is 0. The summed E-state index contributed by atoms with van der Waals surface area (Å²) in [5.74, 6) is 0.828. The number of aryl methyl sites for hydroxylation is 1. The molecule has 1 aromatic heterocycles. The zero-order valence-corrected chi connectivity index (χ0v) is 8.49. The molecular formula is C12H14N2. The largest absolute Gasteiger partial charge is 0.385 e. The predicted molar refractivity (Wildman–Crippen MR) is 60.0 cm³/mol. The van der Waals surface area contributed by atoms with Crippen molar-refractivity contribution in [1.29, 1.82) is 0 Å². The van der Waals surface area contributed by atoms with Crippen LogP contribution in [0.2, 0.25) is 0 Å². The number of hydrogen-bond donors (Lipinski definition) is 1. The molecule has 0 radical (unpaired) electrons. The number of hydrogen-bond acceptors (Lipinski definition) is 1. The first kappa shape index (κ1) is 8.88. The molecule has 1 heterocycles. The van der Waals surface area contributed by atoms with Gasteiger partial charge in [0.15, 0.2) is 0 Å². The van der Waals surface area contributed by atoms with Crippen LogP contribution in [0.25, 0.3) is 11.1 Å². The quantitative estimate of drug-likeness (QED) is 0.729. The van der Waals surface area contributed by atoms with Crippen molar-refractivity contribution in [2.45, 2.75) is 6.92 Å². The molecule has 0 atom stereocenters. The monoisotopic (exact) mass is 186 g/mol. The standard InChI is InChI=1S/C12H14N2/c1-9-8-11(12(13)14(9)2)10-6-4-3-5-7-10/h3-8H,13H2,1-2H3. The fourth-order valence-electron chi connectivity index (χ4n) is 1.60. The molecule has 14 heavy (non-hydrogen) atoms. The average molecular weight is 186 g/mol. The Morgan fingerprint density at radius 1 is 1.14 bits per heavy atom. The molecule has 2 aromatic rings. The third-order valence-electron chi connectivity index (χ3n) is 2.60. The van der Waals surface area contributed by atoms with E-state index in [-0.39, 0.29) is 0 Å². The van der Waals surface area contributed by atoms with Crippen LogP contribution in [0.3, 0.4) is 0 Å². The van der Waals surface area contributed by atoms with Crippen molar-refractivity contribution in [3.8, 4) is 11.1 Å². The van der Waals surface area contributed by atoms with E-state index in [0.29, 0.717) is 0 Å². The predicted octanol–water partition coefficient (Wildman–Crippen LogP) is 2.58. The lowest BCUT2D eigenvalue weighted by atomic mass is 10.1. The molecule has 2 heteroatoms. The zero-order valence-electron chi connectivity index (χ0n) is 8.49. The molecule has 0 spiro atoms. The third kappa shape index (κ3) is 1.29. The maximum atomic E-state index is 6.00. The molecule has 0 fully saturated rings. The Bertz CT molecular complexity index is 441. The van der Waals surface area contributed by atoms with Gasteiger partial charge in [-0.15, -0.1) is 0 Å². The van der Waals surface area contributed by atoms with Gasteiger partial charge in [-0.3, -0.25) is 0 Å². The highest BCUT2D eigenvalue weighted by Crippen LogP contribution is 2.27. The molecule has 0 saturated carbocycles. The summed E-state index contributed by atoms with van der Waals surface area (Å²) in [7, 11) is 1.98. The molecule has 0 amide bonds. The van der Waals surface area contributed by atoms with Crippen LogP contribution in [0.1, 0.15) is 5.69 Å². The highest BCUT2D eigenvalue weighted by Gasteiger charge is 2.07. The Morgan fingerprint density at radius 3 is 2.29 bits per heavy atom. The van der Waals surface area contributed by atoms with E-state index < -0.39 is 0 Å². The molecule has 0 aliphatic carbocycles. The minimum atomic E-state index is 0.828. The second-order valence-electron chi connectivity index (χ2n) is 3.51. The van der Waals surface area contributed by atoms with Crippen molar-refractivity contribution in [3.05, 3.63) is 42.1 Å². The van der Waals surface area contributed by atoms with E-state index in [1.165, 1.54) is 11.3 Å². The van der Waals surface area contributed by atoms with E-state index in [1.807, 2.05) is 29.8 Å². The first-order valence-corrected chi connectivity index (χ1v) is 4.67. The van der Waals surface area contributed by atoms with Crippen LogP contribution in [-0.4, -0.2) is 4.57 Å². The summed E-state index contributed by atoms with van der Waals surface area (Å²) in [6, 6.07) is 12.3. The van der Waals surface area contributed by atoms with Crippen LogP contribution < -0.4 is 5.73 Å². The van der Waals surface area contributed by atoms with E-state index in [9.17, 15) is 0 Å². The van der Waals surface area contributed by atoms with Crippen LogP contribution in [0.5, 0.6) is 0 Å². The number of anilines is 1. The summed E-state index contributed by atoms with van der Waals surface area (Å²) in [5.41, 5.74) is 9.47. The Hall–Kier alpha value is -1.70. The van der Waals surface area contributed by atoms with E-state index in [4.69, 9.17) is 5.73 Å². The van der Waals surface area contributed by atoms with Crippen LogP contribution in [0.15, 0.2) is 36.4 Å². The van der Waals surface area contributed by atoms with Crippen molar-refractivity contribution in [2.24, 2.45) is 7.05 Å². The average Bonchev–Trinajstić information content (AvgIpc) is 2.47. The summed E-state index contributed by atoms with van der Waals surface area (Å²) < 4.78 is 2.00. The topological polar surface area (TPSA) is 30.9 Å². The number of benzene rings is 1. The van der Waals surface area contributed by atoms with Gasteiger partial charge < -0.3 is 10.3 Å². The van der Waals surface area contributed by atoms with Crippen molar-refractivity contribution < 1.29 is 0 Å². The number of aromatic nitrogens is 1. The van der Waals surface area contributed by atoms with Gasteiger partial charge in [-0.2, -0.15) is 0 Å². The lowest BCUT2D eigenvalue weighted by Crippen LogP contribution is -1.98. The van der Waals surface area contributed by atoms with Crippen molar-refractivity contribution >= 4 is 5.82 Å². The second kappa shape index (κ2) is 3.22. The second-order valence-corrected chi connectivity index (χ2v) is 3.51. The molecule has 0 unspecified atom stereocenters. The summed E-state index contributed by atoms with van der Waals surface area (Å²) in [6.07, 6.45) is 0. The minimum Gasteiger partial charge on any atom is -0.385 e. The first-order valence-electron chi connectivity index (χ1n) is 4.67. The van der Waals surface area contributed by atoms with Gasteiger partial charge in [-0.05, 0) is 18.6 Å². The van der Waals surface area contributed by atoms with Crippen molar-refractivity contribution in [3.63, 3.8) is 0 Å². The lowest BCUT2D eigenvalue weighted by molar-refractivity contribution is 0.895. The van der Waals surface area contributed by atoms with Crippen LogP contribution >= 0.6 is 0 Å². The minimum absolute atomic E-state index is 0.828. The molecule has 0 saturated heterocycles. The zero-order chi connectivity index (χ0) is 10.1. The molecular weight excluding hydrogens is 172 g/mol. The SMILES string of the molecule is Cc1cc(-c2ccccc2)c(N)n1C. The van der Waals surface area contributed by atoms with Crippen LogP contribution in [0.4, 0.5) is 5.82 Å². The first-order chi connectivity index (χ1) is 6.70. The van der Waals surface area contributed by atoms with Crippen LogP contribution in [0, 0.1) is 6.92 Å². The van der Waals surface area contributed by atoms with E-state index in [1.54, 1.807) is 0 Å². The Balaban J connectivity index is 2.58. The van der Waals surface area contributed by atoms with Gasteiger partial charge in [-0.1, -0.05) is 30.3 Å². The molecule has 0 bridgehead atoms.